The average Bonchev–Trinajstić information content (AvgIpc) is 3.28. The monoisotopic (exact) mass is 358 g/mol. The van der Waals surface area contributed by atoms with Crippen molar-refractivity contribution in [2.45, 2.75) is 25.1 Å². The fourth-order valence-corrected chi connectivity index (χ4v) is 2.73. The number of nitrogens with one attached hydrogen (secondary N) is 3. The van der Waals surface area contributed by atoms with Crippen molar-refractivity contribution in [2.24, 2.45) is 5.41 Å². The van der Waals surface area contributed by atoms with E-state index in [-0.39, 0.29) is 25.5 Å². The molecule has 0 aromatic rings. The van der Waals surface area contributed by atoms with Crippen LogP contribution in [0.5, 0.6) is 0 Å². The van der Waals surface area contributed by atoms with Crippen LogP contribution in [0.2, 0.25) is 0 Å². The van der Waals surface area contributed by atoms with Gasteiger partial charge >= 0.3 is 6.18 Å². The van der Waals surface area contributed by atoms with Gasteiger partial charge in [0.1, 0.15) is 11.5 Å². The number of piperazine rings is 1. The van der Waals surface area contributed by atoms with Gasteiger partial charge in [0.25, 0.3) is 0 Å². The van der Waals surface area contributed by atoms with E-state index in [2.05, 4.69) is 16.0 Å². The Labute approximate surface area is 138 Å². The van der Waals surface area contributed by atoms with E-state index in [1.54, 1.807) is 0 Å². The molecule has 0 bridgehead atoms. The highest BCUT2D eigenvalue weighted by Gasteiger charge is 2.56. The molecule has 1 unspecified atom stereocenters. The number of halogens is 4. The van der Waals surface area contributed by atoms with Crippen molar-refractivity contribution in [1.29, 1.82) is 0 Å². The maximum absolute atomic E-state index is 13.2. The van der Waals surface area contributed by atoms with Crippen molar-refractivity contribution in [1.82, 2.24) is 20.9 Å². The minimum absolute atomic E-state index is 0. The second-order valence-electron chi connectivity index (χ2n) is 5.71. The zero-order valence-electron chi connectivity index (χ0n) is 12.8. The average molecular weight is 359 g/mol. The Bertz CT molecular complexity index is 437. The molecular formula is C13H22ClF3N4O2. The molecule has 1 saturated carbocycles. The third-order valence-electron chi connectivity index (χ3n) is 4.27. The Kier molecular flexibility index (Phi) is 6.67. The molecule has 0 radical (unpaired) electrons. The quantitative estimate of drug-likeness (QED) is 0.599. The van der Waals surface area contributed by atoms with Gasteiger partial charge in [-0.15, -0.1) is 12.4 Å². The van der Waals surface area contributed by atoms with Crippen LogP contribution in [-0.4, -0.2) is 68.7 Å². The summed E-state index contributed by atoms with van der Waals surface area (Å²) >= 11 is 0. The number of nitrogens with zero attached hydrogens (tertiary/aromatic N) is 1. The summed E-state index contributed by atoms with van der Waals surface area (Å²) in [5.41, 5.74) is -1.17. The van der Waals surface area contributed by atoms with Gasteiger partial charge in [0.2, 0.25) is 11.8 Å². The zero-order chi connectivity index (χ0) is 16.4. The normalized spacial score (nSPS) is 21.7. The first-order valence-electron chi connectivity index (χ1n) is 7.33. The summed E-state index contributed by atoms with van der Waals surface area (Å²) in [6.07, 6.45) is -3.67. The van der Waals surface area contributed by atoms with Crippen molar-refractivity contribution in [3.63, 3.8) is 0 Å². The Morgan fingerprint density at radius 2 is 1.78 bits per heavy atom. The molecule has 2 fully saturated rings. The molecule has 1 saturated heterocycles. The van der Waals surface area contributed by atoms with Gasteiger partial charge in [0, 0.05) is 39.8 Å². The largest absolute Gasteiger partial charge is 0.405 e. The second-order valence-corrected chi connectivity index (χ2v) is 5.71. The summed E-state index contributed by atoms with van der Waals surface area (Å²) in [6, 6.07) is -1.72. The van der Waals surface area contributed by atoms with Crippen molar-refractivity contribution >= 4 is 24.2 Å². The van der Waals surface area contributed by atoms with Crippen LogP contribution in [0, 0.1) is 5.41 Å². The van der Waals surface area contributed by atoms with E-state index in [0.717, 1.165) is 0 Å². The highest BCUT2D eigenvalue weighted by atomic mass is 35.5. The van der Waals surface area contributed by atoms with E-state index in [0.29, 0.717) is 25.9 Å². The van der Waals surface area contributed by atoms with Gasteiger partial charge in [0.05, 0.1) is 0 Å². The number of amides is 2. The molecule has 10 heteroatoms. The van der Waals surface area contributed by atoms with Gasteiger partial charge in [-0.1, -0.05) is 0 Å². The summed E-state index contributed by atoms with van der Waals surface area (Å²) in [5, 5.41) is 7.71. The lowest BCUT2D eigenvalue weighted by atomic mass is 10.1. The molecular weight excluding hydrogens is 337 g/mol. The highest BCUT2D eigenvalue weighted by molar-refractivity contribution is 6.07. The van der Waals surface area contributed by atoms with E-state index in [1.165, 1.54) is 11.9 Å². The second kappa shape index (κ2) is 7.67. The van der Waals surface area contributed by atoms with Crippen molar-refractivity contribution < 1.29 is 22.8 Å². The van der Waals surface area contributed by atoms with Crippen LogP contribution in [0.3, 0.4) is 0 Å². The maximum atomic E-state index is 13.2. The van der Waals surface area contributed by atoms with E-state index < -0.39 is 36.0 Å². The molecule has 6 nitrogen and oxygen atoms in total. The zero-order valence-corrected chi connectivity index (χ0v) is 13.6. The van der Waals surface area contributed by atoms with Gasteiger partial charge in [-0.3, -0.25) is 14.5 Å². The predicted octanol–water partition coefficient (Wildman–Crippen LogP) is -0.113. The number of carbonyl (C=O) groups excluding carboxylic acids is 2. The Morgan fingerprint density at radius 3 is 2.22 bits per heavy atom. The van der Waals surface area contributed by atoms with Crippen LogP contribution in [0.15, 0.2) is 0 Å². The van der Waals surface area contributed by atoms with Crippen LogP contribution in [0.1, 0.15) is 12.8 Å². The molecule has 0 spiro atoms. The highest BCUT2D eigenvalue weighted by Crippen LogP contribution is 2.46. The molecule has 1 aliphatic heterocycles. The fourth-order valence-electron chi connectivity index (χ4n) is 2.73. The van der Waals surface area contributed by atoms with Crippen LogP contribution in [-0.2, 0) is 9.59 Å². The predicted molar refractivity (Wildman–Crippen MR) is 80.3 cm³/mol. The summed E-state index contributed by atoms with van der Waals surface area (Å²) in [5.74, 6) is -1.05. The van der Waals surface area contributed by atoms with Gasteiger partial charge in [0.15, 0.2) is 0 Å². The molecule has 0 aromatic heterocycles. The standard InChI is InChI=1S/C13H21F3N4O2.ClH/c1-17-10(21)12(2-3-12)11(22)19-8-9(13(14,15)16)20-6-4-18-5-7-20;/h9,18H,2-8H2,1H3,(H,17,21)(H,19,22);1H. The van der Waals surface area contributed by atoms with Gasteiger partial charge in [-0.2, -0.15) is 13.2 Å². The molecule has 1 aliphatic carbocycles. The first-order valence-corrected chi connectivity index (χ1v) is 7.33. The van der Waals surface area contributed by atoms with Crippen LogP contribution in [0.25, 0.3) is 0 Å². The molecule has 2 aliphatic rings. The molecule has 1 heterocycles. The van der Waals surface area contributed by atoms with Crippen LogP contribution < -0.4 is 16.0 Å². The summed E-state index contributed by atoms with van der Waals surface area (Å²) < 4.78 is 39.6. The van der Waals surface area contributed by atoms with Gasteiger partial charge < -0.3 is 16.0 Å². The minimum atomic E-state index is -4.42. The van der Waals surface area contributed by atoms with Crippen molar-refractivity contribution in [3.8, 4) is 0 Å². The minimum Gasteiger partial charge on any atom is -0.358 e. The summed E-state index contributed by atoms with van der Waals surface area (Å²) in [6.45, 7) is 1.01. The number of hydrogen-bond donors (Lipinski definition) is 3. The van der Waals surface area contributed by atoms with E-state index >= 15 is 0 Å². The molecule has 0 aromatic carbocycles. The molecule has 2 amide bonds. The van der Waals surface area contributed by atoms with E-state index in [9.17, 15) is 22.8 Å². The van der Waals surface area contributed by atoms with Crippen molar-refractivity contribution in [3.05, 3.63) is 0 Å². The Morgan fingerprint density at radius 1 is 1.22 bits per heavy atom. The van der Waals surface area contributed by atoms with Gasteiger partial charge in [-0.05, 0) is 12.8 Å². The Balaban J connectivity index is 0.00000264. The topological polar surface area (TPSA) is 73.5 Å². The first-order chi connectivity index (χ1) is 10.3. The molecule has 1 atom stereocenters. The first kappa shape index (κ1) is 20.0. The summed E-state index contributed by atoms with van der Waals surface area (Å²) in [4.78, 5) is 25.1. The number of hydrogen-bond acceptors (Lipinski definition) is 4. The van der Waals surface area contributed by atoms with Crippen LogP contribution in [0.4, 0.5) is 13.2 Å². The lowest BCUT2D eigenvalue weighted by Gasteiger charge is -2.36. The summed E-state index contributed by atoms with van der Waals surface area (Å²) in [7, 11) is 1.41. The lowest BCUT2D eigenvalue weighted by Crippen LogP contribution is -2.58. The number of alkyl halides is 3. The molecule has 23 heavy (non-hydrogen) atoms. The van der Waals surface area contributed by atoms with Gasteiger partial charge in [-0.25, -0.2) is 0 Å². The molecule has 3 N–H and O–H groups in total. The third kappa shape index (κ3) is 4.48. The number of rotatable bonds is 5. The SMILES string of the molecule is CNC(=O)C1(C(=O)NCC(N2CCNCC2)C(F)(F)F)CC1.Cl. The van der Waals surface area contributed by atoms with Crippen molar-refractivity contribution in [2.75, 3.05) is 39.8 Å². The smallest absolute Gasteiger partial charge is 0.358 e. The number of carbonyl (C=O) groups is 2. The lowest BCUT2D eigenvalue weighted by molar-refractivity contribution is -0.184. The van der Waals surface area contributed by atoms with E-state index in [4.69, 9.17) is 0 Å². The molecule has 134 valence electrons. The Hall–Kier alpha value is -1.06. The van der Waals surface area contributed by atoms with Crippen LogP contribution >= 0.6 is 12.4 Å². The maximum Gasteiger partial charge on any atom is 0.405 e. The fraction of sp³-hybridized carbons (Fsp3) is 0.846. The molecule has 2 rings (SSSR count). The third-order valence-corrected chi connectivity index (χ3v) is 4.27. The van der Waals surface area contributed by atoms with E-state index in [1.807, 2.05) is 0 Å².